The molecule has 1 fully saturated rings. The number of aliphatic hydroxyl groups is 1. The standard InChI is InChI=1S/C19H26ClN3O/c1-3-14(2)18-9-6-16(10-15-4-7-17(20)8-5-15)19(18,24)11-23-13-21-12-22-23/h4-5,7-8,12-14,16,18,24H,3,6,9-11H2,1-2H3. The molecule has 1 heterocycles. The summed E-state index contributed by atoms with van der Waals surface area (Å²) in [5.41, 5.74) is 0.481. The van der Waals surface area contributed by atoms with Gasteiger partial charge in [0, 0.05) is 5.02 Å². The fraction of sp³-hybridized carbons (Fsp3) is 0.579. The topological polar surface area (TPSA) is 50.9 Å². The summed E-state index contributed by atoms with van der Waals surface area (Å²) in [7, 11) is 0. The van der Waals surface area contributed by atoms with Gasteiger partial charge in [0.1, 0.15) is 12.7 Å². The maximum Gasteiger partial charge on any atom is 0.137 e. The highest BCUT2D eigenvalue weighted by Gasteiger charge is 2.50. The van der Waals surface area contributed by atoms with Crippen molar-refractivity contribution in [2.24, 2.45) is 17.8 Å². The van der Waals surface area contributed by atoms with E-state index >= 15 is 0 Å². The first-order valence-corrected chi connectivity index (χ1v) is 9.20. The van der Waals surface area contributed by atoms with Crippen LogP contribution in [0.2, 0.25) is 5.02 Å². The van der Waals surface area contributed by atoms with Crippen LogP contribution in [-0.4, -0.2) is 25.5 Å². The van der Waals surface area contributed by atoms with E-state index in [1.807, 2.05) is 12.1 Å². The number of hydrogen-bond acceptors (Lipinski definition) is 3. The van der Waals surface area contributed by atoms with Gasteiger partial charge in [-0.1, -0.05) is 44.0 Å². The molecule has 0 radical (unpaired) electrons. The van der Waals surface area contributed by atoms with Crippen molar-refractivity contribution in [3.63, 3.8) is 0 Å². The summed E-state index contributed by atoms with van der Waals surface area (Å²) in [4.78, 5) is 4.03. The molecule has 130 valence electrons. The van der Waals surface area contributed by atoms with Gasteiger partial charge in [0.05, 0.1) is 12.1 Å². The summed E-state index contributed by atoms with van der Waals surface area (Å²) >= 11 is 5.99. The van der Waals surface area contributed by atoms with Gasteiger partial charge >= 0.3 is 0 Å². The molecule has 5 heteroatoms. The average Bonchev–Trinajstić information content (AvgIpc) is 3.18. The highest BCUT2D eigenvalue weighted by Crippen LogP contribution is 2.47. The largest absolute Gasteiger partial charge is 0.387 e. The summed E-state index contributed by atoms with van der Waals surface area (Å²) in [5, 5.41) is 16.7. The van der Waals surface area contributed by atoms with Crippen molar-refractivity contribution in [2.75, 3.05) is 0 Å². The van der Waals surface area contributed by atoms with Crippen LogP contribution in [0, 0.1) is 17.8 Å². The monoisotopic (exact) mass is 347 g/mol. The summed E-state index contributed by atoms with van der Waals surface area (Å²) < 4.78 is 1.77. The van der Waals surface area contributed by atoms with Gasteiger partial charge in [-0.05, 0) is 54.7 Å². The molecule has 0 spiro atoms. The lowest BCUT2D eigenvalue weighted by Crippen LogP contribution is -2.47. The smallest absolute Gasteiger partial charge is 0.137 e. The first-order valence-electron chi connectivity index (χ1n) is 8.82. The molecule has 0 amide bonds. The minimum atomic E-state index is -0.747. The molecule has 2 aromatic rings. The van der Waals surface area contributed by atoms with E-state index in [2.05, 4.69) is 36.1 Å². The van der Waals surface area contributed by atoms with Crippen LogP contribution in [-0.2, 0) is 13.0 Å². The number of benzene rings is 1. The summed E-state index contributed by atoms with van der Waals surface area (Å²) in [6, 6.07) is 7.98. The number of hydrogen-bond donors (Lipinski definition) is 1. The second-order valence-corrected chi connectivity index (χ2v) is 7.62. The fourth-order valence-corrected chi connectivity index (χ4v) is 4.38. The van der Waals surface area contributed by atoms with E-state index in [1.54, 1.807) is 11.0 Å². The van der Waals surface area contributed by atoms with Gasteiger partial charge in [-0.2, -0.15) is 5.10 Å². The van der Waals surface area contributed by atoms with Gasteiger partial charge in [-0.25, -0.2) is 4.98 Å². The first-order chi connectivity index (χ1) is 11.5. The Hall–Kier alpha value is -1.39. The van der Waals surface area contributed by atoms with Gasteiger partial charge in [0.25, 0.3) is 0 Å². The van der Waals surface area contributed by atoms with Crippen LogP contribution in [0.3, 0.4) is 0 Å². The predicted molar refractivity (Wildman–Crippen MR) is 95.8 cm³/mol. The van der Waals surface area contributed by atoms with E-state index in [-0.39, 0.29) is 5.92 Å². The Morgan fingerprint density at radius 2 is 2.08 bits per heavy atom. The molecule has 24 heavy (non-hydrogen) atoms. The van der Waals surface area contributed by atoms with E-state index in [1.165, 1.54) is 11.9 Å². The van der Waals surface area contributed by atoms with E-state index in [0.717, 1.165) is 30.7 Å². The molecular weight excluding hydrogens is 322 g/mol. The molecule has 1 N–H and O–H groups in total. The lowest BCUT2D eigenvalue weighted by atomic mass is 9.75. The predicted octanol–water partition coefficient (Wildman–Crippen LogP) is 3.98. The second-order valence-electron chi connectivity index (χ2n) is 7.18. The highest BCUT2D eigenvalue weighted by molar-refractivity contribution is 6.30. The molecule has 4 nitrogen and oxygen atoms in total. The van der Waals surface area contributed by atoms with Crippen LogP contribution in [0.1, 0.15) is 38.7 Å². The van der Waals surface area contributed by atoms with Crippen LogP contribution in [0.5, 0.6) is 0 Å². The third-order valence-corrected chi connectivity index (χ3v) is 6.04. The third-order valence-electron chi connectivity index (χ3n) is 5.78. The van der Waals surface area contributed by atoms with Crippen molar-refractivity contribution < 1.29 is 5.11 Å². The Labute approximate surface area is 148 Å². The van der Waals surface area contributed by atoms with Crippen molar-refractivity contribution in [3.05, 3.63) is 47.5 Å². The van der Waals surface area contributed by atoms with E-state index in [0.29, 0.717) is 18.4 Å². The zero-order valence-corrected chi connectivity index (χ0v) is 15.2. The minimum absolute atomic E-state index is 0.224. The fourth-order valence-electron chi connectivity index (χ4n) is 4.25. The highest BCUT2D eigenvalue weighted by atomic mass is 35.5. The van der Waals surface area contributed by atoms with Crippen LogP contribution in [0.25, 0.3) is 0 Å². The van der Waals surface area contributed by atoms with Crippen LogP contribution >= 0.6 is 11.6 Å². The Morgan fingerprint density at radius 3 is 2.71 bits per heavy atom. The van der Waals surface area contributed by atoms with Crippen LogP contribution < -0.4 is 0 Å². The molecule has 1 aliphatic carbocycles. The van der Waals surface area contributed by atoms with E-state index in [9.17, 15) is 5.11 Å². The van der Waals surface area contributed by atoms with Crippen LogP contribution in [0.15, 0.2) is 36.9 Å². The van der Waals surface area contributed by atoms with Gasteiger partial charge in [-0.3, -0.25) is 4.68 Å². The normalized spacial score (nSPS) is 28.2. The average molecular weight is 348 g/mol. The van der Waals surface area contributed by atoms with E-state index < -0.39 is 5.60 Å². The van der Waals surface area contributed by atoms with Crippen molar-refractivity contribution in [2.45, 2.75) is 51.7 Å². The van der Waals surface area contributed by atoms with Gasteiger partial charge < -0.3 is 5.11 Å². The van der Waals surface area contributed by atoms with Gasteiger partial charge in [0.15, 0.2) is 0 Å². The molecule has 1 aromatic heterocycles. The van der Waals surface area contributed by atoms with Crippen molar-refractivity contribution in [1.29, 1.82) is 0 Å². The zero-order chi connectivity index (χ0) is 17.2. The molecular formula is C19H26ClN3O. The molecule has 4 unspecified atom stereocenters. The molecule has 0 saturated heterocycles. The maximum atomic E-state index is 11.7. The Balaban J connectivity index is 1.84. The van der Waals surface area contributed by atoms with Gasteiger partial charge in [0.2, 0.25) is 0 Å². The molecule has 3 rings (SSSR count). The number of halogens is 1. The SMILES string of the molecule is CCC(C)C1CCC(Cc2ccc(Cl)cc2)C1(O)Cn1cncn1. The van der Waals surface area contributed by atoms with Crippen LogP contribution in [0.4, 0.5) is 0 Å². The number of nitrogens with zero attached hydrogens (tertiary/aromatic N) is 3. The minimum Gasteiger partial charge on any atom is -0.387 e. The summed E-state index contributed by atoms with van der Waals surface area (Å²) in [5.74, 6) is 1.01. The molecule has 1 saturated carbocycles. The van der Waals surface area contributed by atoms with Crippen molar-refractivity contribution in [3.8, 4) is 0 Å². The van der Waals surface area contributed by atoms with Crippen molar-refractivity contribution in [1.82, 2.24) is 14.8 Å². The first kappa shape index (κ1) is 17.4. The lowest BCUT2D eigenvalue weighted by molar-refractivity contribution is -0.0693. The molecule has 1 aromatic carbocycles. The maximum absolute atomic E-state index is 11.7. The van der Waals surface area contributed by atoms with Crippen molar-refractivity contribution >= 4 is 11.6 Å². The second kappa shape index (κ2) is 7.24. The van der Waals surface area contributed by atoms with Gasteiger partial charge in [-0.15, -0.1) is 0 Å². The Kier molecular flexibility index (Phi) is 5.26. The molecule has 0 bridgehead atoms. The Bertz CT molecular complexity index is 643. The quantitative estimate of drug-likeness (QED) is 0.859. The lowest BCUT2D eigenvalue weighted by Gasteiger charge is -2.38. The zero-order valence-electron chi connectivity index (χ0n) is 14.4. The molecule has 4 atom stereocenters. The number of aromatic nitrogens is 3. The van der Waals surface area contributed by atoms with E-state index in [4.69, 9.17) is 11.6 Å². The molecule has 1 aliphatic rings. The summed E-state index contributed by atoms with van der Waals surface area (Å²) in [6.45, 7) is 4.97. The third kappa shape index (κ3) is 3.50. The molecule has 0 aliphatic heterocycles. The summed E-state index contributed by atoms with van der Waals surface area (Å²) in [6.07, 6.45) is 7.29. The number of rotatable bonds is 6. The Morgan fingerprint density at radius 1 is 1.33 bits per heavy atom.